The molecule has 1 heterocycles. The Morgan fingerprint density at radius 3 is 2.25 bits per heavy atom. The van der Waals surface area contributed by atoms with E-state index in [1.165, 1.54) is 4.90 Å². The van der Waals surface area contributed by atoms with Gasteiger partial charge in [-0.3, -0.25) is 15.3 Å². The molecule has 0 aliphatic carbocycles. The molecule has 3 aromatic carbocycles. The molecule has 0 spiro atoms. The summed E-state index contributed by atoms with van der Waals surface area (Å²) in [5, 5.41) is 5.47. The molecule has 0 aromatic heterocycles. The number of hydrogen-bond donors (Lipinski definition) is 2. The van der Waals surface area contributed by atoms with Crippen molar-refractivity contribution in [3.63, 3.8) is 0 Å². The summed E-state index contributed by atoms with van der Waals surface area (Å²) in [6.07, 6.45) is 2.40. The van der Waals surface area contributed by atoms with E-state index in [-0.39, 0.29) is 30.4 Å². The van der Waals surface area contributed by atoms with Gasteiger partial charge in [0.1, 0.15) is 12.6 Å². The number of benzene rings is 3. The Balaban J connectivity index is 1.60. The van der Waals surface area contributed by atoms with E-state index in [0.29, 0.717) is 17.4 Å². The summed E-state index contributed by atoms with van der Waals surface area (Å²) >= 11 is 2.13. The second-order valence-corrected chi connectivity index (χ2v) is 10.9. The van der Waals surface area contributed by atoms with Crippen molar-refractivity contribution in [2.75, 3.05) is 31.3 Å². The van der Waals surface area contributed by atoms with E-state index in [4.69, 9.17) is 4.74 Å². The number of halogens is 1. The SMILES string of the molecule is CN(C(=O)C(Cc1ccc2ccccc2c1)N(CI)C(=O)COC1CCNCC1)C(Cc1ccccc1)C([NH3+])=O. The minimum absolute atomic E-state index is 0.0256. The number of rotatable bonds is 12. The molecule has 212 valence electrons. The topological polar surface area (TPSA) is 107 Å². The van der Waals surface area contributed by atoms with E-state index >= 15 is 0 Å². The van der Waals surface area contributed by atoms with Gasteiger partial charge in [0.15, 0.2) is 6.04 Å². The molecule has 1 fully saturated rings. The highest BCUT2D eigenvalue weighted by Crippen LogP contribution is 2.21. The predicted molar refractivity (Wildman–Crippen MR) is 164 cm³/mol. The zero-order valence-corrected chi connectivity index (χ0v) is 25.1. The molecule has 3 amide bonds. The van der Waals surface area contributed by atoms with Crippen LogP contribution in [0.25, 0.3) is 10.8 Å². The van der Waals surface area contributed by atoms with Crippen LogP contribution >= 0.6 is 22.6 Å². The molecule has 4 N–H and O–H groups in total. The number of hydrogen-bond acceptors (Lipinski definition) is 5. The van der Waals surface area contributed by atoms with Gasteiger partial charge < -0.3 is 19.9 Å². The van der Waals surface area contributed by atoms with E-state index in [0.717, 1.165) is 47.8 Å². The highest BCUT2D eigenvalue weighted by molar-refractivity contribution is 14.1. The Labute approximate surface area is 249 Å². The quantitative estimate of drug-likeness (QED) is 0.177. The van der Waals surface area contributed by atoms with Crippen LogP contribution < -0.4 is 11.1 Å². The van der Waals surface area contributed by atoms with Gasteiger partial charge in [0.25, 0.3) is 0 Å². The first-order valence-corrected chi connectivity index (χ1v) is 15.2. The van der Waals surface area contributed by atoms with Gasteiger partial charge >= 0.3 is 5.91 Å². The van der Waals surface area contributed by atoms with Crippen molar-refractivity contribution < 1.29 is 24.9 Å². The predicted octanol–water partition coefficient (Wildman–Crippen LogP) is 2.58. The van der Waals surface area contributed by atoms with Gasteiger partial charge in [0.2, 0.25) is 11.8 Å². The van der Waals surface area contributed by atoms with Crippen LogP contribution in [0.4, 0.5) is 0 Å². The molecule has 8 nitrogen and oxygen atoms in total. The zero-order valence-electron chi connectivity index (χ0n) is 22.9. The second kappa shape index (κ2) is 14.7. The van der Waals surface area contributed by atoms with Crippen LogP contribution in [0.5, 0.6) is 0 Å². The average Bonchev–Trinajstić information content (AvgIpc) is 2.98. The number of quaternary nitrogens is 1. The van der Waals surface area contributed by atoms with Crippen molar-refractivity contribution >= 4 is 51.1 Å². The van der Waals surface area contributed by atoms with Gasteiger partial charge in [-0.1, -0.05) is 95.4 Å². The molecule has 1 saturated heterocycles. The third-order valence-corrected chi connectivity index (χ3v) is 8.28. The maximum atomic E-state index is 14.2. The largest absolute Gasteiger partial charge is 0.368 e. The summed E-state index contributed by atoms with van der Waals surface area (Å²) in [7, 11) is 1.63. The molecule has 0 saturated carbocycles. The average molecular weight is 658 g/mol. The third kappa shape index (κ3) is 7.87. The maximum absolute atomic E-state index is 14.2. The molecule has 2 unspecified atom stereocenters. The van der Waals surface area contributed by atoms with Crippen molar-refractivity contribution in [3.05, 3.63) is 83.9 Å². The van der Waals surface area contributed by atoms with Crippen molar-refractivity contribution in [1.29, 1.82) is 0 Å². The van der Waals surface area contributed by atoms with Crippen LogP contribution in [0.15, 0.2) is 72.8 Å². The molecule has 0 radical (unpaired) electrons. The lowest BCUT2D eigenvalue weighted by Crippen LogP contribution is -2.68. The molecule has 40 heavy (non-hydrogen) atoms. The molecular formula is C31H38IN4O4+. The lowest BCUT2D eigenvalue weighted by molar-refractivity contribution is -0.311. The van der Waals surface area contributed by atoms with Crippen LogP contribution in [0.1, 0.15) is 24.0 Å². The highest BCUT2D eigenvalue weighted by Gasteiger charge is 2.37. The molecule has 0 bridgehead atoms. The smallest absolute Gasteiger partial charge is 0.331 e. The van der Waals surface area contributed by atoms with Crippen molar-refractivity contribution in [2.45, 2.75) is 43.9 Å². The number of ether oxygens (including phenoxy) is 1. The van der Waals surface area contributed by atoms with Crippen LogP contribution in [0.2, 0.25) is 0 Å². The molecule has 4 rings (SSSR count). The van der Waals surface area contributed by atoms with E-state index in [1.807, 2.05) is 66.7 Å². The van der Waals surface area contributed by atoms with E-state index in [2.05, 4.69) is 39.7 Å². The standard InChI is InChI=1S/C31H37IN4O4/c1-35(27(30(33)38)18-22-7-3-2-4-8-22)31(39)28(19-23-11-12-24-9-5-6-10-25(24)17-23)36(21-32)29(37)20-40-26-13-15-34-16-14-26/h2-12,17,26-28,34H,13-16,18-21H2,1H3,(H2,33,38)/p+1. The second-order valence-electron chi connectivity index (χ2n) is 10.3. The Morgan fingerprint density at radius 1 is 0.925 bits per heavy atom. The van der Waals surface area contributed by atoms with Gasteiger partial charge in [0.05, 0.1) is 10.7 Å². The number of likely N-dealkylation sites (N-methyl/N-ethyl adjacent to an activating group) is 1. The van der Waals surface area contributed by atoms with Crippen molar-refractivity contribution in [2.24, 2.45) is 0 Å². The number of fused-ring (bicyclic) bond motifs is 1. The van der Waals surface area contributed by atoms with Crippen molar-refractivity contribution in [3.8, 4) is 0 Å². The Hall–Kier alpha value is -2.86. The summed E-state index contributed by atoms with van der Waals surface area (Å²) in [6, 6.07) is 22.2. The number of carbonyl (C=O) groups is 3. The fraction of sp³-hybridized carbons (Fsp3) is 0.387. The van der Waals surface area contributed by atoms with E-state index in [9.17, 15) is 14.4 Å². The molecule has 1 aliphatic heterocycles. The number of alkyl halides is 1. The Morgan fingerprint density at radius 2 is 1.57 bits per heavy atom. The number of carbonyl (C=O) groups excluding carboxylic acids is 3. The fourth-order valence-corrected chi connectivity index (χ4v) is 6.03. The van der Waals surface area contributed by atoms with E-state index < -0.39 is 12.1 Å². The minimum atomic E-state index is -0.801. The third-order valence-electron chi connectivity index (χ3n) is 7.54. The van der Waals surface area contributed by atoms with Crippen LogP contribution in [-0.4, -0.2) is 77.0 Å². The number of nitrogens with zero attached hydrogens (tertiary/aromatic N) is 2. The molecule has 1 aliphatic rings. The minimum Gasteiger partial charge on any atom is -0.368 e. The highest BCUT2D eigenvalue weighted by atomic mass is 127. The van der Waals surface area contributed by atoms with Crippen LogP contribution in [0.3, 0.4) is 0 Å². The van der Waals surface area contributed by atoms with Crippen LogP contribution in [-0.2, 0) is 32.0 Å². The summed E-state index contributed by atoms with van der Waals surface area (Å²) in [4.78, 5) is 43.4. The van der Waals surface area contributed by atoms with Gasteiger partial charge in [-0.2, -0.15) is 0 Å². The van der Waals surface area contributed by atoms with Crippen LogP contribution in [0, 0.1) is 0 Å². The number of piperidine rings is 1. The first kappa shape index (κ1) is 30.1. The summed E-state index contributed by atoms with van der Waals surface area (Å²) in [5.41, 5.74) is 5.53. The van der Waals surface area contributed by atoms with E-state index in [1.54, 1.807) is 11.9 Å². The number of amides is 3. The summed E-state index contributed by atoms with van der Waals surface area (Å²) < 4.78 is 6.28. The first-order valence-electron chi connectivity index (χ1n) is 13.7. The zero-order chi connectivity index (χ0) is 28.5. The lowest BCUT2D eigenvalue weighted by Gasteiger charge is -2.35. The van der Waals surface area contributed by atoms with Gasteiger partial charge in [0, 0.05) is 19.9 Å². The molecule has 3 aromatic rings. The first-order chi connectivity index (χ1) is 19.4. The molecular weight excluding hydrogens is 619 g/mol. The molecule has 2 atom stereocenters. The van der Waals surface area contributed by atoms with Gasteiger partial charge in [-0.15, -0.1) is 0 Å². The lowest BCUT2D eigenvalue weighted by atomic mass is 9.98. The number of nitrogens with one attached hydrogen (secondary N) is 1. The molecule has 9 heteroatoms. The van der Waals surface area contributed by atoms with Gasteiger partial charge in [-0.25, -0.2) is 4.79 Å². The normalized spacial score (nSPS) is 15.4. The maximum Gasteiger partial charge on any atom is 0.331 e. The Kier molecular flexibility index (Phi) is 11.0. The Bertz CT molecular complexity index is 1300. The van der Waals surface area contributed by atoms with Crippen molar-refractivity contribution in [1.82, 2.24) is 15.1 Å². The summed E-state index contributed by atoms with van der Waals surface area (Å²) in [6.45, 7) is 1.65. The fourth-order valence-electron chi connectivity index (χ4n) is 5.17. The monoisotopic (exact) mass is 657 g/mol. The van der Waals surface area contributed by atoms with Gasteiger partial charge in [-0.05, 0) is 47.8 Å². The summed E-state index contributed by atoms with van der Waals surface area (Å²) in [5.74, 6) is -0.871.